The van der Waals surface area contributed by atoms with Gasteiger partial charge in [0.15, 0.2) is 0 Å². The van der Waals surface area contributed by atoms with Gasteiger partial charge in [-0.15, -0.1) is 0 Å². The first kappa shape index (κ1) is 16.3. The number of benzene rings is 2. The van der Waals surface area contributed by atoms with Crippen molar-refractivity contribution in [2.75, 3.05) is 7.11 Å². The molecule has 0 saturated carbocycles. The molecule has 0 saturated heterocycles. The zero-order valence-electron chi connectivity index (χ0n) is 13.5. The maximum Gasteiger partial charge on any atom is 0.307 e. The number of hydrogen-bond acceptors (Lipinski definition) is 2. The van der Waals surface area contributed by atoms with Gasteiger partial charge in [-0.2, -0.15) is 0 Å². The number of carbonyl (C=O) groups is 1. The molecule has 0 bridgehead atoms. The summed E-state index contributed by atoms with van der Waals surface area (Å²) in [5.74, 6) is -0.170. The minimum absolute atomic E-state index is 0.0472. The van der Waals surface area contributed by atoms with Crippen molar-refractivity contribution in [2.24, 2.45) is 0 Å². The lowest BCUT2D eigenvalue weighted by Gasteiger charge is -2.09. The van der Waals surface area contributed by atoms with E-state index >= 15 is 0 Å². The van der Waals surface area contributed by atoms with Crippen LogP contribution in [0.4, 0.5) is 0 Å². The Labute approximate surface area is 145 Å². The molecule has 0 aromatic heterocycles. The van der Waals surface area contributed by atoms with Crippen LogP contribution in [0, 0.1) is 0 Å². The second-order valence-corrected chi connectivity index (χ2v) is 6.02. The Hall–Kier alpha value is -2.52. The maximum absolute atomic E-state index is 11.3. The molecule has 24 heavy (non-hydrogen) atoms. The van der Waals surface area contributed by atoms with Crippen molar-refractivity contribution in [2.45, 2.75) is 13.3 Å². The first-order valence-corrected chi connectivity index (χ1v) is 7.96. The van der Waals surface area contributed by atoms with E-state index in [9.17, 15) is 9.90 Å². The molecule has 0 fully saturated rings. The van der Waals surface area contributed by atoms with E-state index in [2.05, 4.69) is 0 Å². The van der Waals surface area contributed by atoms with E-state index in [0.717, 1.165) is 33.4 Å². The van der Waals surface area contributed by atoms with Crippen molar-refractivity contribution < 1.29 is 14.6 Å². The molecular formula is C20H17ClO3. The minimum Gasteiger partial charge on any atom is -0.497 e. The third kappa shape index (κ3) is 2.83. The lowest BCUT2D eigenvalue weighted by Crippen LogP contribution is -1.97. The van der Waals surface area contributed by atoms with Crippen molar-refractivity contribution in [3.05, 3.63) is 70.8 Å². The van der Waals surface area contributed by atoms with Crippen molar-refractivity contribution in [3.63, 3.8) is 0 Å². The largest absolute Gasteiger partial charge is 0.497 e. The summed E-state index contributed by atoms with van der Waals surface area (Å²) in [7, 11) is 1.60. The molecule has 0 aliphatic heterocycles. The standard InChI is InChI=1S/C20H17ClO3/c1-12-16(11-18(22)23)17-10-14(24-2)8-9-15(17)19(12)20(21)13-6-4-3-5-7-13/h3-10H,11H2,1-2H3,(H,22,23). The smallest absolute Gasteiger partial charge is 0.307 e. The van der Waals surface area contributed by atoms with Crippen LogP contribution in [0.3, 0.4) is 0 Å². The number of methoxy groups -OCH3 is 1. The summed E-state index contributed by atoms with van der Waals surface area (Å²) in [4.78, 5) is 11.3. The molecule has 2 aromatic carbocycles. The molecule has 0 spiro atoms. The molecule has 0 heterocycles. The second kappa shape index (κ2) is 6.54. The van der Waals surface area contributed by atoms with Gasteiger partial charge in [0.2, 0.25) is 0 Å². The quantitative estimate of drug-likeness (QED) is 0.845. The summed E-state index contributed by atoms with van der Waals surface area (Å²) in [5, 5.41) is 9.90. The van der Waals surface area contributed by atoms with Gasteiger partial charge in [-0.1, -0.05) is 48.0 Å². The number of carboxylic acids is 1. The number of ether oxygens (including phenoxy) is 1. The summed E-state index contributed by atoms with van der Waals surface area (Å²) in [6.07, 6.45) is -0.0472. The van der Waals surface area contributed by atoms with E-state index in [4.69, 9.17) is 16.3 Å². The molecule has 1 aliphatic carbocycles. The minimum atomic E-state index is -0.866. The Bertz CT molecular complexity index is 864. The zero-order chi connectivity index (χ0) is 17.3. The topological polar surface area (TPSA) is 46.5 Å². The van der Waals surface area contributed by atoms with Gasteiger partial charge in [0.1, 0.15) is 5.75 Å². The van der Waals surface area contributed by atoms with Crippen molar-refractivity contribution in [1.82, 2.24) is 0 Å². The number of hydrogen-bond donors (Lipinski definition) is 1. The molecule has 3 nitrogen and oxygen atoms in total. The first-order valence-electron chi connectivity index (χ1n) is 7.58. The van der Waals surface area contributed by atoms with Gasteiger partial charge in [-0.3, -0.25) is 4.79 Å². The SMILES string of the molecule is COc1ccc2c(c1)C(CC(=O)O)=C(C)C2=C(Cl)c1ccccc1. The molecule has 0 amide bonds. The molecule has 122 valence electrons. The highest BCUT2D eigenvalue weighted by molar-refractivity contribution is 6.54. The van der Waals surface area contributed by atoms with Gasteiger partial charge in [-0.25, -0.2) is 0 Å². The number of allylic oxidation sites excluding steroid dienone is 2. The molecule has 0 radical (unpaired) electrons. The Morgan fingerprint density at radius 1 is 1.12 bits per heavy atom. The van der Waals surface area contributed by atoms with Crippen LogP contribution < -0.4 is 4.74 Å². The Balaban J connectivity index is 2.25. The molecule has 0 unspecified atom stereocenters. The number of aliphatic carboxylic acids is 1. The average Bonchev–Trinajstić information content (AvgIpc) is 2.86. The lowest BCUT2D eigenvalue weighted by atomic mass is 10.00. The van der Waals surface area contributed by atoms with Crippen LogP contribution in [-0.2, 0) is 4.79 Å². The summed E-state index contributed by atoms with van der Waals surface area (Å²) in [5.41, 5.74) is 5.29. The highest BCUT2D eigenvalue weighted by atomic mass is 35.5. The van der Waals surface area contributed by atoms with Gasteiger partial charge >= 0.3 is 5.97 Å². The van der Waals surface area contributed by atoms with Gasteiger partial charge in [0.05, 0.1) is 18.6 Å². The maximum atomic E-state index is 11.3. The van der Waals surface area contributed by atoms with Crippen LogP contribution in [0.5, 0.6) is 5.75 Å². The van der Waals surface area contributed by atoms with Crippen LogP contribution in [0.2, 0.25) is 0 Å². The third-order valence-corrected chi connectivity index (χ3v) is 4.63. The van der Waals surface area contributed by atoms with Crippen LogP contribution in [0.25, 0.3) is 16.2 Å². The Morgan fingerprint density at radius 2 is 1.83 bits per heavy atom. The number of carboxylic acid groups (broad SMARTS) is 1. The Morgan fingerprint density at radius 3 is 2.46 bits per heavy atom. The predicted octanol–water partition coefficient (Wildman–Crippen LogP) is 5.06. The van der Waals surface area contributed by atoms with Crippen molar-refractivity contribution in [1.29, 1.82) is 0 Å². The fourth-order valence-corrected chi connectivity index (χ4v) is 3.43. The van der Waals surface area contributed by atoms with Crippen LogP contribution in [0.1, 0.15) is 30.0 Å². The highest BCUT2D eigenvalue weighted by Gasteiger charge is 2.28. The second-order valence-electron chi connectivity index (χ2n) is 5.64. The summed E-state index contributed by atoms with van der Waals surface area (Å²) >= 11 is 6.68. The van der Waals surface area contributed by atoms with E-state index in [1.807, 2.05) is 55.5 Å². The first-order chi connectivity index (χ1) is 11.5. The predicted molar refractivity (Wildman–Crippen MR) is 96.9 cm³/mol. The molecule has 3 rings (SSSR count). The van der Waals surface area contributed by atoms with Crippen LogP contribution >= 0.6 is 11.6 Å². The number of halogens is 1. The Kier molecular flexibility index (Phi) is 4.45. The summed E-state index contributed by atoms with van der Waals surface area (Å²) in [6.45, 7) is 1.92. The monoisotopic (exact) mass is 340 g/mol. The van der Waals surface area contributed by atoms with E-state index in [1.54, 1.807) is 7.11 Å². The lowest BCUT2D eigenvalue weighted by molar-refractivity contribution is -0.135. The molecule has 1 N–H and O–H groups in total. The molecule has 2 aromatic rings. The average molecular weight is 341 g/mol. The molecule has 4 heteroatoms. The van der Waals surface area contributed by atoms with Crippen molar-refractivity contribution in [3.8, 4) is 5.75 Å². The highest BCUT2D eigenvalue weighted by Crippen LogP contribution is 2.47. The summed E-state index contributed by atoms with van der Waals surface area (Å²) in [6, 6.07) is 15.4. The number of rotatable bonds is 4. The van der Waals surface area contributed by atoms with Gasteiger partial charge in [0, 0.05) is 5.57 Å². The third-order valence-electron chi connectivity index (χ3n) is 4.22. The van der Waals surface area contributed by atoms with Gasteiger partial charge in [-0.05, 0) is 46.9 Å². The zero-order valence-corrected chi connectivity index (χ0v) is 14.2. The molecule has 0 atom stereocenters. The van der Waals surface area contributed by atoms with Gasteiger partial charge in [0.25, 0.3) is 0 Å². The van der Waals surface area contributed by atoms with Crippen LogP contribution in [0.15, 0.2) is 54.1 Å². The summed E-state index contributed by atoms with van der Waals surface area (Å²) < 4.78 is 5.29. The van der Waals surface area contributed by atoms with Gasteiger partial charge < -0.3 is 9.84 Å². The molecular weight excluding hydrogens is 324 g/mol. The van der Waals surface area contributed by atoms with Crippen molar-refractivity contribution >= 4 is 33.7 Å². The van der Waals surface area contributed by atoms with Crippen LogP contribution in [-0.4, -0.2) is 18.2 Å². The van der Waals surface area contributed by atoms with E-state index in [0.29, 0.717) is 10.8 Å². The fraction of sp³-hybridized carbons (Fsp3) is 0.150. The normalized spacial score (nSPS) is 15.3. The molecule has 1 aliphatic rings. The number of fused-ring (bicyclic) bond motifs is 1. The van der Waals surface area contributed by atoms with E-state index in [1.165, 1.54) is 0 Å². The fourth-order valence-electron chi connectivity index (χ4n) is 3.06. The van der Waals surface area contributed by atoms with E-state index in [-0.39, 0.29) is 6.42 Å². The van der Waals surface area contributed by atoms with E-state index < -0.39 is 5.97 Å².